The molecule has 0 bridgehead atoms. The number of aryl methyl sites for hydroxylation is 1. The Kier molecular flexibility index (Phi) is 8.74. The van der Waals surface area contributed by atoms with Gasteiger partial charge in [0, 0.05) is 35.7 Å². The Balaban J connectivity index is 0.000000807. The van der Waals surface area contributed by atoms with E-state index in [0.717, 1.165) is 41.6 Å². The minimum atomic E-state index is -0.358. The van der Waals surface area contributed by atoms with E-state index in [2.05, 4.69) is 26.0 Å². The molecule has 0 unspecified atom stereocenters. The lowest BCUT2D eigenvalue weighted by Gasteiger charge is -2.07. The van der Waals surface area contributed by atoms with Gasteiger partial charge in [0.05, 0.1) is 30.3 Å². The lowest BCUT2D eigenvalue weighted by molar-refractivity contribution is -0.108. The number of benzene rings is 1. The van der Waals surface area contributed by atoms with E-state index in [-0.39, 0.29) is 12.4 Å². The molecular weight excluding hydrogens is 399 g/mol. The van der Waals surface area contributed by atoms with Gasteiger partial charge >= 0.3 is 0 Å². The molecule has 0 radical (unpaired) electrons. The number of nitrogens with one attached hydrogen (secondary N) is 1. The Morgan fingerprint density at radius 1 is 1.13 bits per heavy atom. The standard InChI is InChI=1S/C20H16FN5O.CH5N.CH4O/c1-13-3-2-4-19(24-13)20-17(11-22-25-20)14-5-6-18(21)16(9-14)15-10-23-26(12-15)7-8-27;2*1-2/h2-6,8-12H,7H2,1H3,(H,22,25);2H2,1H3;2H,1H3. The van der Waals surface area contributed by atoms with Crippen LogP contribution in [-0.4, -0.2) is 50.5 Å². The van der Waals surface area contributed by atoms with E-state index in [9.17, 15) is 9.18 Å². The Morgan fingerprint density at radius 2 is 1.90 bits per heavy atom. The zero-order chi connectivity index (χ0) is 22.8. The molecular formula is C22H25FN6O2. The summed E-state index contributed by atoms with van der Waals surface area (Å²) in [5, 5.41) is 18.2. The molecule has 0 fully saturated rings. The van der Waals surface area contributed by atoms with Crippen molar-refractivity contribution < 1.29 is 14.3 Å². The number of carbonyl (C=O) groups excluding carboxylic acids is 1. The van der Waals surface area contributed by atoms with Crippen LogP contribution in [0.3, 0.4) is 0 Å². The fourth-order valence-corrected chi connectivity index (χ4v) is 2.98. The summed E-state index contributed by atoms with van der Waals surface area (Å²) >= 11 is 0. The second-order valence-corrected chi connectivity index (χ2v) is 6.14. The van der Waals surface area contributed by atoms with E-state index < -0.39 is 0 Å². The Bertz CT molecular complexity index is 1120. The molecule has 4 rings (SSSR count). The maximum absolute atomic E-state index is 14.4. The Labute approximate surface area is 179 Å². The van der Waals surface area contributed by atoms with Crippen molar-refractivity contribution in [3.8, 4) is 33.6 Å². The number of hydrogen-bond donors (Lipinski definition) is 3. The topological polar surface area (TPSA) is 123 Å². The normalized spacial score (nSPS) is 9.87. The van der Waals surface area contributed by atoms with Gasteiger partial charge in [0.2, 0.25) is 0 Å². The first kappa shape index (κ1) is 23.6. The lowest BCUT2D eigenvalue weighted by Crippen LogP contribution is -1.97. The van der Waals surface area contributed by atoms with Crippen LogP contribution in [0.15, 0.2) is 55.0 Å². The minimum Gasteiger partial charge on any atom is -0.400 e. The number of aromatic nitrogens is 5. The molecule has 9 heteroatoms. The molecule has 3 aromatic heterocycles. The molecule has 0 spiro atoms. The van der Waals surface area contributed by atoms with E-state index >= 15 is 0 Å². The number of aliphatic hydroxyl groups excluding tert-OH is 1. The maximum atomic E-state index is 14.4. The number of H-pyrrole nitrogens is 1. The first-order valence-electron chi connectivity index (χ1n) is 9.42. The number of nitrogens with two attached hydrogens (primary N) is 1. The van der Waals surface area contributed by atoms with E-state index in [1.807, 2.05) is 25.1 Å². The highest BCUT2D eigenvalue weighted by atomic mass is 19.1. The van der Waals surface area contributed by atoms with Gasteiger partial charge in [0.25, 0.3) is 0 Å². The van der Waals surface area contributed by atoms with Gasteiger partial charge in [-0.15, -0.1) is 0 Å². The summed E-state index contributed by atoms with van der Waals surface area (Å²) in [7, 11) is 2.50. The van der Waals surface area contributed by atoms with Gasteiger partial charge in [0.15, 0.2) is 0 Å². The Morgan fingerprint density at radius 3 is 2.61 bits per heavy atom. The van der Waals surface area contributed by atoms with Crippen molar-refractivity contribution in [1.29, 1.82) is 0 Å². The fourth-order valence-electron chi connectivity index (χ4n) is 2.98. The molecule has 8 nitrogen and oxygen atoms in total. The summed E-state index contributed by atoms with van der Waals surface area (Å²) in [5.74, 6) is -0.358. The highest BCUT2D eigenvalue weighted by Crippen LogP contribution is 2.33. The van der Waals surface area contributed by atoms with Crippen molar-refractivity contribution in [3.63, 3.8) is 0 Å². The van der Waals surface area contributed by atoms with Crippen LogP contribution < -0.4 is 5.73 Å². The highest BCUT2D eigenvalue weighted by molar-refractivity contribution is 5.81. The van der Waals surface area contributed by atoms with Crippen molar-refractivity contribution in [2.75, 3.05) is 14.2 Å². The summed E-state index contributed by atoms with van der Waals surface area (Å²) < 4.78 is 15.9. The van der Waals surface area contributed by atoms with Gasteiger partial charge in [0.1, 0.15) is 12.1 Å². The Hall–Kier alpha value is -3.69. The number of aliphatic hydroxyl groups is 1. The van der Waals surface area contributed by atoms with Gasteiger partial charge in [-0.1, -0.05) is 12.1 Å². The van der Waals surface area contributed by atoms with Crippen molar-refractivity contribution in [1.82, 2.24) is 25.0 Å². The zero-order valence-electron chi connectivity index (χ0n) is 17.6. The summed E-state index contributed by atoms with van der Waals surface area (Å²) in [5.41, 5.74) is 9.59. The van der Waals surface area contributed by atoms with E-state index in [0.29, 0.717) is 11.1 Å². The van der Waals surface area contributed by atoms with Crippen molar-refractivity contribution in [2.24, 2.45) is 5.73 Å². The van der Waals surface area contributed by atoms with Crippen LogP contribution in [-0.2, 0) is 11.3 Å². The molecule has 0 saturated heterocycles. The second-order valence-electron chi connectivity index (χ2n) is 6.14. The third-order valence-corrected chi connectivity index (χ3v) is 4.27. The molecule has 31 heavy (non-hydrogen) atoms. The van der Waals surface area contributed by atoms with Gasteiger partial charge in [-0.3, -0.25) is 14.8 Å². The predicted octanol–water partition coefficient (Wildman–Crippen LogP) is 2.83. The summed E-state index contributed by atoms with van der Waals surface area (Å²) in [6.07, 6.45) is 5.64. The molecule has 0 saturated carbocycles. The highest BCUT2D eigenvalue weighted by Gasteiger charge is 2.15. The molecule has 0 aliphatic carbocycles. The maximum Gasteiger partial charge on any atom is 0.141 e. The molecule has 0 aliphatic rings. The summed E-state index contributed by atoms with van der Waals surface area (Å²) in [4.78, 5) is 15.2. The van der Waals surface area contributed by atoms with Gasteiger partial charge in [-0.2, -0.15) is 10.2 Å². The molecule has 3 heterocycles. The summed E-state index contributed by atoms with van der Waals surface area (Å²) in [6, 6.07) is 10.6. The number of hydrogen-bond acceptors (Lipinski definition) is 6. The average Bonchev–Trinajstić information content (AvgIpc) is 3.47. The number of pyridine rings is 1. The van der Waals surface area contributed by atoms with Gasteiger partial charge in [-0.25, -0.2) is 4.39 Å². The number of aldehydes is 1. The van der Waals surface area contributed by atoms with Crippen LogP contribution in [0.5, 0.6) is 0 Å². The van der Waals surface area contributed by atoms with Crippen LogP contribution in [0.1, 0.15) is 5.69 Å². The van der Waals surface area contributed by atoms with Crippen molar-refractivity contribution >= 4 is 6.29 Å². The molecule has 0 aliphatic heterocycles. The molecule has 0 atom stereocenters. The van der Waals surface area contributed by atoms with Crippen LogP contribution in [0.4, 0.5) is 4.39 Å². The number of rotatable bonds is 5. The smallest absolute Gasteiger partial charge is 0.141 e. The number of nitrogens with zero attached hydrogens (tertiary/aromatic N) is 4. The molecule has 162 valence electrons. The first-order chi connectivity index (χ1) is 15.2. The SMILES string of the molecule is CN.CO.Cc1cccc(-c2[nH]ncc2-c2ccc(F)c(-c3cnn(CC=O)c3)c2)n1. The largest absolute Gasteiger partial charge is 0.400 e. The monoisotopic (exact) mass is 424 g/mol. The predicted molar refractivity (Wildman–Crippen MR) is 117 cm³/mol. The minimum absolute atomic E-state index is 0.131. The number of aromatic amines is 1. The molecule has 4 aromatic rings. The quantitative estimate of drug-likeness (QED) is 0.424. The number of halogens is 1. The van der Waals surface area contributed by atoms with E-state index in [1.165, 1.54) is 17.8 Å². The molecule has 0 amide bonds. The van der Waals surface area contributed by atoms with Crippen LogP contribution >= 0.6 is 0 Å². The average molecular weight is 424 g/mol. The second kappa shape index (κ2) is 11.5. The van der Waals surface area contributed by atoms with Gasteiger partial charge in [-0.05, 0) is 43.8 Å². The van der Waals surface area contributed by atoms with E-state index in [4.69, 9.17) is 5.11 Å². The molecule has 1 aromatic carbocycles. The summed E-state index contributed by atoms with van der Waals surface area (Å²) in [6.45, 7) is 2.05. The third kappa shape index (κ3) is 5.47. The van der Waals surface area contributed by atoms with Gasteiger partial charge < -0.3 is 15.6 Å². The van der Waals surface area contributed by atoms with Crippen molar-refractivity contribution in [3.05, 3.63) is 66.5 Å². The van der Waals surface area contributed by atoms with Crippen LogP contribution in [0.2, 0.25) is 0 Å². The van der Waals surface area contributed by atoms with Crippen LogP contribution in [0, 0.1) is 12.7 Å². The molecule has 4 N–H and O–H groups in total. The lowest BCUT2D eigenvalue weighted by atomic mass is 9.99. The fraction of sp³-hybridized carbons (Fsp3) is 0.182. The van der Waals surface area contributed by atoms with Crippen LogP contribution in [0.25, 0.3) is 33.6 Å². The van der Waals surface area contributed by atoms with E-state index in [1.54, 1.807) is 30.7 Å². The number of carbonyl (C=O) groups is 1. The van der Waals surface area contributed by atoms with Crippen molar-refractivity contribution in [2.45, 2.75) is 13.5 Å². The zero-order valence-corrected chi connectivity index (χ0v) is 17.6. The third-order valence-electron chi connectivity index (χ3n) is 4.27. The first-order valence-corrected chi connectivity index (χ1v) is 9.42.